The lowest BCUT2D eigenvalue weighted by Crippen LogP contribution is -2.10. The van der Waals surface area contributed by atoms with Crippen molar-refractivity contribution in [1.29, 1.82) is 0 Å². The molecule has 0 amide bonds. The molecule has 0 heterocycles. The van der Waals surface area contributed by atoms with E-state index >= 15 is 0 Å². The van der Waals surface area contributed by atoms with E-state index < -0.39 is 0 Å². The van der Waals surface area contributed by atoms with E-state index in [-0.39, 0.29) is 0 Å². The van der Waals surface area contributed by atoms with Crippen LogP contribution in [0, 0.1) is 23.7 Å². The smallest absolute Gasteiger partial charge is 0.0363 e. The first-order chi connectivity index (χ1) is 4.66. The molecule has 0 saturated heterocycles. The van der Waals surface area contributed by atoms with Gasteiger partial charge in [0.15, 0.2) is 0 Å². The van der Waals surface area contributed by atoms with Gasteiger partial charge in [0, 0.05) is 0 Å². The Bertz CT molecular complexity index is 107. The minimum absolute atomic E-state index is 0.972. The van der Waals surface area contributed by atoms with Gasteiger partial charge in [-0.3, -0.25) is 0 Å². The molecule has 2 unspecified atom stereocenters. The molecule has 0 spiro atoms. The third kappa shape index (κ3) is 1.21. The monoisotopic (exact) mass is 140 g/mol. The first-order valence-corrected chi connectivity index (χ1v) is 4.66. The first kappa shape index (κ1) is 8.10. The standard InChI is InChI=1S/C10H20/c1-5-10-8(3)6-7(2)9(10)4/h7-10H,5-6H2,1-4H3/t7-,8?,9-,10?/m1/s1. The second-order valence-corrected chi connectivity index (χ2v) is 4.12. The highest BCUT2D eigenvalue weighted by atomic mass is 14.4. The zero-order valence-corrected chi connectivity index (χ0v) is 7.72. The van der Waals surface area contributed by atoms with E-state index in [1.54, 1.807) is 0 Å². The summed E-state index contributed by atoms with van der Waals surface area (Å²) in [4.78, 5) is 0. The minimum atomic E-state index is 0.972. The van der Waals surface area contributed by atoms with E-state index in [9.17, 15) is 0 Å². The maximum Gasteiger partial charge on any atom is -0.0363 e. The largest absolute Gasteiger partial charge is 0.0651 e. The molecule has 0 heteroatoms. The third-order valence-electron chi connectivity index (χ3n) is 3.52. The normalized spacial score (nSPS) is 48.0. The Morgan fingerprint density at radius 2 is 1.70 bits per heavy atom. The van der Waals surface area contributed by atoms with Crippen LogP contribution in [0.2, 0.25) is 0 Å². The van der Waals surface area contributed by atoms with Crippen LogP contribution < -0.4 is 0 Å². The Hall–Kier alpha value is 0. The fourth-order valence-electron chi connectivity index (χ4n) is 2.69. The predicted molar refractivity (Wildman–Crippen MR) is 45.9 cm³/mol. The van der Waals surface area contributed by atoms with Crippen LogP contribution in [0.4, 0.5) is 0 Å². The quantitative estimate of drug-likeness (QED) is 0.524. The van der Waals surface area contributed by atoms with Crippen molar-refractivity contribution in [2.75, 3.05) is 0 Å². The molecule has 0 N–H and O–H groups in total. The molecule has 0 aromatic rings. The molecule has 0 radical (unpaired) electrons. The Kier molecular flexibility index (Phi) is 2.38. The van der Waals surface area contributed by atoms with E-state index in [4.69, 9.17) is 0 Å². The second kappa shape index (κ2) is 2.94. The highest BCUT2D eigenvalue weighted by Gasteiger charge is 2.33. The molecule has 1 fully saturated rings. The van der Waals surface area contributed by atoms with Crippen molar-refractivity contribution < 1.29 is 0 Å². The van der Waals surface area contributed by atoms with Crippen LogP contribution in [-0.4, -0.2) is 0 Å². The lowest BCUT2D eigenvalue weighted by Gasteiger charge is -2.18. The summed E-state index contributed by atoms with van der Waals surface area (Å²) in [5, 5.41) is 0. The Morgan fingerprint density at radius 1 is 1.10 bits per heavy atom. The fourth-order valence-corrected chi connectivity index (χ4v) is 2.69. The molecular weight excluding hydrogens is 120 g/mol. The van der Waals surface area contributed by atoms with Gasteiger partial charge in [-0.05, 0) is 30.1 Å². The lowest BCUT2D eigenvalue weighted by atomic mass is 9.88. The number of rotatable bonds is 1. The highest BCUT2D eigenvalue weighted by molar-refractivity contribution is 4.83. The van der Waals surface area contributed by atoms with E-state index in [0.29, 0.717) is 0 Å². The summed E-state index contributed by atoms with van der Waals surface area (Å²) in [7, 11) is 0. The number of hydrogen-bond acceptors (Lipinski definition) is 0. The summed E-state index contributed by atoms with van der Waals surface area (Å²) < 4.78 is 0. The van der Waals surface area contributed by atoms with Crippen LogP contribution in [0.15, 0.2) is 0 Å². The molecule has 60 valence electrons. The van der Waals surface area contributed by atoms with Gasteiger partial charge in [-0.2, -0.15) is 0 Å². The van der Waals surface area contributed by atoms with Gasteiger partial charge < -0.3 is 0 Å². The van der Waals surface area contributed by atoms with Crippen LogP contribution in [0.3, 0.4) is 0 Å². The summed E-state index contributed by atoms with van der Waals surface area (Å²) in [6.07, 6.45) is 2.84. The third-order valence-corrected chi connectivity index (χ3v) is 3.52. The van der Waals surface area contributed by atoms with Gasteiger partial charge in [0.1, 0.15) is 0 Å². The van der Waals surface area contributed by atoms with Crippen molar-refractivity contribution in [2.24, 2.45) is 23.7 Å². The van der Waals surface area contributed by atoms with Gasteiger partial charge in [-0.15, -0.1) is 0 Å². The van der Waals surface area contributed by atoms with Gasteiger partial charge in [-0.25, -0.2) is 0 Å². The average Bonchev–Trinajstić information content (AvgIpc) is 2.09. The molecule has 1 aliphatic rings. The van der Waals surface area contributed by atoms with Crippen molar-refractivity contribution >= 4 is 0 Å². The SMILES string of the molecule is CCC1C(C)C[C@@H](C)[C@H]1C. The van der Waals surface area contributed by atoms with Crippen LogP contribution in [0.5, 0.6) is 0 Å². The zero-order valence-electron chi connectivity index (χ0n) is 7.72. The molecule has 0 aromatic carbocycles. The Balaban J connectivity index is 2.55. The molecule has 1 saturated carbocycles. The van der Waals surface area contributed by atoms with E-state index in [2.05, 4.69) is 27.7 Å². The molecule has 0 bridgehead atoms. The summed E-state index contributed by atoms with van der Waals surface area (Å²) in [6.45, 7) is 9.56. The van der Waals surface area contributed by atoms with E-state index in [1.165, 1.54) is 12.8 Å². The highest BCUT2D eigenvalue weighted by Crippen LogP contribution is 2.42. The van der Waals surface area contributed by atoms with E-state index in [1.807, 2.05) is 0 Å². The van der Waals surface area contributed by atoms with Gasteiger partial charge >= 0.3 is 0 Å². The first-order valence-electron chi connectivity index (χ1n) is 4.66. The minimum Gasteiger partial charge on any atom is -0.0651 e. The Labute approximate surface area is 65.0 Å². The Morgan fingerprint density at radius 3 is 1.90 bits per heavy atom. The van der Waals surface area contributed by atoms with Crippen molar-refractivity contribution in [2.45, 2.75) is 40.5 Å². The molecule has 10 heavy (non-hydrogen) atoms. The molecule has 1 aliphatic carbocycles. The van der Waals surface area contributed by atoms with Crippen LogP contribution in [-0.2, 0) is 0 Å². The summed E-state index contributed by atoms with van der Waals surface area (Å²) in [5.41, 5.74) is 0. The van der Waals surface area contributed by atoms with Gasteiger partial charge in [0.25, 0.3) is 0 Å². The molecule has 0 aliphatic heterocycles. The van der Waals surface area contributed by atoms with E-state index in [0.717, 1.165) is 23.7 Å². The molecule has 1 rings (SSSR count). The summed E-state index contributed by atoms with van der Waals surface area (Å²) in [6, 6.07) is 0. The molecule has 4 atom stereocenters. The summed E-state index contributed by atoms with van der Waals surface area (Å²) >= 11 is 0. The van der Waals surface area contributed by atoms with Gasteiger partial charge in [-0.1, -0.05) is 34.1 Å². The molecule has 0 nitrogen and oxygen atoms in total. The van der Waals surface area contributed by atoms with Crippen molar-refractivity contribution in [3.05, 3.63) is 0 Å². The predicted octanol–water partition coefficient (Wildman–Crippen LogP) is 3.32. The average molecular weight is 140 g/mol. The maximum absolute atomic E-state index is 2.42. The number of hydrogen-bond donors (Lipinski definition) is 0. The molecule has 0 aromatic heterocycles. The van der Waals surface area contributed by atoms with Crippen LogP contribution in [0.1, 0.15) is 40.5 Å². The zero-order chi connectivity index (χ0) is 7.72. The van der Waals surface area contributed by atoms with Crippen LogP contribution >= 0.6 is 0 Å². The second-order valence-electron chi connectivity index (χ2n) is 4.12. The maximum atomic E-state index is 2.42. The van der Waals surface area contributed by atoms with Gasteiger partial charge in [0.05, 0.1) is 0 Å². The fraction of sp³-hybridized carbons (Fsp3) is 1.00. The lowest BCUT2D eigenvalue weighted by molar-refractivity contribution is 0.314. The topological polar surface area (TPSA) is 0 Å². The van der Waals surface area contributed by atoms with Crippen LogP contribution in [0.25, 0.3) is 0 Å². The van der Waals surface area contributed by atoms with Crippen molar-refractivity contribution in [3.63, 3.8) is 0 Å². The van der Waals surface area contributed by atoms with Gasteiger partial charge in [0.2, 0.25) is 0 Å². The van der Waals surface area contributed by atoms with Crippen molar-refractivity contribution in [1.82, 2.24) is 0 Å². The summed E-state index contributed by atoms with van der Waals surface area (Å²) in [5.74, 6) is 3.94. The molecular formula is C10H20. The van der Waals surface area contributed by atoms with Crippen molar-refractivity contribution in [3.8, 4) is 0 Å².